The van der Waals surface area contributed by atoms with Crippen molar-refractivity contribution in [2.45, 2.75) is 238 Å². The smallest absolute Gasteiger partial charge is 0.462 e. The summed E-state index contributed by atoms with van der Waals surface area (Å²) in [5.41, 5.74) is 5.36. The van der Waals surface area contributed by atoms with Crippen molar-refractivity contribution in [1.82, 2.24) is 0 Å². The Hall–Kier alpha value is -1.77. The fraction of sp³-hybridized carbons (Fsp3) is 0.837. The van der Waals surface area contributed by atoms with E-state index in [0.717, 1.165) is 44.9 Å². The summed E-state index contributed by atoms with van der Waals surface area (Å²) in [5.74, 6) is -0.864. The average molecular weight is 854 g/mol. The van der Waals surface area contributed by atoms with Crippen molar-refractivity contribution in [3.63, 3.8) is 0 Å². The molecule has 0 radical (unpaired) electrons. The number of hydrogen-bond acceptors (Lipinski definition) is 8. The van der Waals surface area contributed by atoms with Crippen molar-refractivity contribution < 1.29 is 37.6 Å². The van der Waals surface area contributed by atoms with Crippen molar-refractivity contribution in [1.29, 1.82) is 0 Å². The van der Waals surface area contributed by atoms with Crippen molar-refractivity contribution in [2.75, 3.05) is 26.4 Å². The number of allylic oxidation sites excluding steroid dienone is 6. The molecule has 59 heavy (non-hydrogen) atoms. The number of unbranched alkanes of at least 4 members (excludes halogenated alkanes) is 27. The molecule has 0 aliphatic rings. The van der Waals surface area contributed by atoms with Gasteiger partial charge in [-0.25, -0.2) is 4.57 Å². The van der Waals surface area contributed by atoms with E-state index >= 15 is 0 Å². The number of nitrogens with two attached hydrogens (primary N) is 1. The van der Waals surface area contributed by atoms with Gasteiger partial charge >= 0.3 is 19.8 Å². The van der Waals surface area contributed by atoms with E-state index in [9.17, 15) is 19.0 Å². The van der Waals surface area contributed by atoms with E-state index in [4.69, 9.17) is 24.3 Å². The molecule has 0 aliphatic heterocycles. The molecule has 0 aliphatic carbocycles. The Bertz CT molecular complexity index is 1060. The maximum atomic E-state index is 12.6. The highest BCUT2D eigenvalue weighted by molar-refractivity contribution is 7.47. The van der Waals surface area contributed by atoms with Gasteiger partial charge in [-0.15, -0.1) is 0 Å². The first-order valence-electron chi connectivity index (χ1n) is 24.5. The van der Waals surface area contributed by atoms with Crippen LogP contribution in [0.1, 0.15) is 232 Å². The monoisotopic (exact) mass is 854 g/mol. The van der Waals surface area contributed by atoms with Crippen LogP contribution in [0, 0.1) is 0 Å². The number of ether oxygens (including phenoxy) is 2. The lowest BCUT2D eigenvalue weighted by Crippen LogP contribution is -2.29. The van der Waals surface area contributed by atoms with Crippen molar-refractivity contribution in [2.24, 2.45) is 5.73 Å². The van der Waals surface area contributed by atoms with Crippen molar-refractivity contribution in [3.05, 3.63) is 36.5 Å². The van der Waals surface area contributed by atoms with Crippen LogP contribution in [-0.4, -0.2) is 49.3 Å². The van der Waals surface area contributed by atoms with E-state index in [1.807, 2.05) is 0 Å². The highest BCUT2D eigenvalue weighted by Gasteiger charge is 2.26. The van der Waals surface area contributed by atoms with Crippen LogP contribution in [0.4, 0.5) is 0 Å². The Morgan fingerprint density at radius 2 is 0.881 bits per heavy atom. The third-order valence-electron chi connectivity index (χ3n) is 10.5. The van der Waals surface area contributed by atoms with Crippen LogP contribution in [0.5, 0.6) is 0 Å². The number of carbonyl (C=O) groups excluding carboxylic acids is 2. The molecular weight excluding hydrogens is 762 g/mol. The number of rotatable bonds is 46. The fourth-order valence-corrected chi connectivity index (χ4v) is 7.64. The minimum atomic E-state index is -4.39. The van der Waals surface area contributed by atoms with Crippen LogP contribution < -0.4 is 5.73 Å². The maximum absolute atomic E-state index is 12.6. The maximum Gasteiger partial charge on any atom is 0.472 e. The Balaban J connectivity index is 4.06. The summed E-state index contributed by atoms with van der Waals surface area (Å²) in [6, 6.07) is 0. The SMILES string of the molecule is CCCCC/C=C/C/C=C/C/C=C/CCCCC(=O)OC[C@H](COP(=O)(O)OCCN)OC(=O)CCCCCCCCCCCCCCCCCCCCCCCCC. The summed E-state index contributed by atoms with van der Waals surface area (Å²) in [5, 5.41) is 0. The molecule has 0 saturated carbocycles. The van der Waals surface area contributed by atoms with Crippen LogP contribution in [0.25, 0.3) is 0 Å². The molecule has 9 nitrogen and oxygen atoms in total. The van der Waals surface area contributed by atoms with Crippen LogP contribution in [-0.2, 0) is 32.7 Å². The van der Waals surface area contributed by atoms with Gasteiger partial charge in [-0.05, 0) is 51.4 Å². The molecule has 0 aromatic carbocycles. The summed E-state index contributed by atoms with van der Waals surface area (Å²) < 4.78 is 32.8. The number of carbonyl (C=O) groups is 2. The zero-order valence-electron chi connectivity index (χ0n) is 38.2. The normalized spacial score (nSPS) is 13.5. The highest BCUT2D eigenvalue weighted by atomic mass is 31.2. The summed E-state index contributed by atoms with van der Waals surface area (Å²) >= 11 is 0. The van der Waals surface area contributed by atoms with Gasteiger partial charge in [0.2, 0.25) is 0 Å². The second kappa shape index (κ2) is 45.7. The molecule has 0 fully saturated rings. The van der Waals surface area contributed by atoms with Gasteiger partial charge in [0.1, 0.15) is 6.61 Å². The Morgan fingerprint density at radius 1 is 0.508 bits per heavy atom. The molecule has 2 atom stereocenters. The Kier molecular flexibility index (Phi) is 44.4. The second-order valence-electron chi connectivity index (χ2n) is 16.3. The largest absolute Gasteiger partial charge is 0.472 e. The molecule has 0 bridgehead atoms. The number of phosphoric acid groups is 1. The first kappa shape index (κ1) is 57.2. The number of hydrogen-bond donors (Lipinski definition) is 2. The summed E-state index contributed by atoms with van der Waals surface area (Å²) in [7, 11) is -4.39. The van der Waals surface area contributed by atoms with Gasteiger partial charge in [-0.3, -0.25) is 18.6 Å². The van der Waals surface area contributed by atoms with Gasteiger partial charge < -0.3 is 20.1 Å². The molecule has 0 aromatic heterocycles. The molecule has 346 valence electrons. The van der Waals surface area contributed by atoms with Crippen molar-refractivity contribution in [3.8, 4) is 0 Å². The van der Waals surface area contributed by atoms with Gasteiger partial charge in [0.15, 0.2) is 6.10 Å². The predicted molar refractivity (Wildman–Crippen MR) is 247 cm³/mol. The molecule has 3 N–H and O–H groups in total. The van der Waals surface area contributed by atoms with Crippen LogP contribution in [0.15, 0.2) is 36.5 Å². The molecule has 0 amide bonds. The van der Waals surface area contributed by atoms with E-state index in [-0.39, 0.29) is 32.6 Å². The van der Waals surface area contributed by atoms with Crippen LogP contribution >= 0.6 is 7.82 Å². The van der Waals surface area contributed by atoms with E-state index in [2.05, 4.69) is 50.3 Å². The first-order chi connectivity index (χ1) is 28.8. The predicted octanol–water partition coefficient (Wildman–Crippen LogP) is 14.5. The van der Waals surface area contributed by atoms with Crippen molar-refractivity contribution >= 4 is 19.8 Å². The average Bonchev–Trinajstić information content (AvgIpc) is 3.22. The second-order valence-corrected chi connectivity index (χ2v) is 17.8. The van der Waals surface area contributed by atoms with Crippen LogP contribution in [0.2, 0.25) is 0 Å². The Labute approximate surface area is 363 Å². The summed E-state index contributed by atoms with van der Waals surface area (Å²) in [4.78, 5) is 34.9. The summed E-state index contributed by atoms with van der Waals surface area (Å²) in [6.45, 7) is 3.69. The molecule has 0 rings (SSSR count). The molecular formula is C49H92NO8P. The summed E-state index contributed by atoms with van der Waals surface area (Å²) in [6.07, 6.45) is 51.9. The highest BCUT2D eigenvalue weighted by Crippen LogP contribution is 2.43. The van der Waals surface area contributed by atoms with Crippen LogP contribution in [0.3, 0.4) is 0 Å². The topological polar surface area (TPSA) is 134 Å². The first-order valence-corrected chi connectivity index (χ1v) is 26.0. The fourth-order valence-electron chi connectivity index (χ4n) is 6.88. The number of esters is 2. The Morgan fingerprint density at radius 3 is 1.34 bits per heavy atom. The van der Waals surface area contributed by atoms with E-state index < -0.39 is 32.5 Å². The lowest BCUT2D eigenvalue weighted by Gasteiger charge is -2.19. The van der Waals surface area contributed by atoms with Gasteiger partial charge in [0.25, 0.3) is 0 Å². The zero-order chi connectivity index (χ0) is 43.2. The zero-order valence-corrected chi connectivity index (χ0v) is 39.1. The van der Waals surface area contributed by atoms with Gasteiger partial charge in [-0.1, -0.05) is 204 Å². The lowest BCUT2D eigenvalue weighted by molar-refractivity contribution is -0.161. The molecule has 0 spiro atoms. The molecule has 0 saturated heterocycles. The van der Waals surface area contributed by atoms with E-state index in [1.165, 1.54) is 148 Å². The molecule has 1 unspecified atom stereocenters. The molecule has 0 heterocycles. The molecule has 10 heteroatoms. The molecule has 0 aromatic rings. The van der Waals surface area contributed by atoms with Gasteiger partial charge in [0, 0.05) is 19.4 Å². The third-order valence-corrected chi connectivity index (χ3v) is 11.5. The standard InChI is InChI=1S/C49H92NO8P/c1-3-5-7-9-11-13-15-17-19-20-21-22-23-24-25-26-28-30-32-34-36-38-40-42-49(52)58-47(46-57-59(53,54)56-44-43-50)45-55-48(51)41-39-37-35-33-31-29-27-18-16-14-12-10-8-6-4-2/h12,14,18,27,31,33,47H,3-11,13,15-17,19-26,28-30,32,34-46,50H2,1-2H3,(H,53,54)/b14-12+,27-18+,33-31+/t47-/m1/s1. The third kappa shape index (κ3) is 45.6. The number of phosphoric ester groups is 1. The van der Waals surface area contributed by atoms with Gasteiger partial charge in [-0.2, -0.15) is 0 Å². The quantitative estimate of drug-likeness (QED) is 0.0265. The lowest BCUT2D eigenvalue weighted by atomic mass is 10.0. The van der Waals surface area contributed by atoms with Gasteiger partial charge in [0.05, 0.1) is 13.2 Å². The minimum absolute atomic E-state index is 0.0491. The van der Waals surface area contributed by atoms with E-state index in [0.29, 0.717) is 12.8 Å². The minimum Gasteiger partial charge on any atom is -0.462 e. The van der Waals surface area contributed by atoms with E-state index in [1.54, 1.807) is 0 Å².